The molecule has 0 aromatic carbocycles. The Labute approximate surface area is 108 Å². The van der Waals surface area contributed by atoms with Crippen LogP contribution in [0.3, 0.4) is 0 Å². The van der Waals surface area contributed by atoms with Crippen molar-refractivity contribution in [1.82, 2.24) is 20.4 Å². The molecule has 6 heteroatoms. The van der Waals surface area contributed by atoms with Gasteiger partial charge in [0.25, 0.3) is 0 Å². The lowest BCUT2D eigenvalue weighted by Crippen LogP contribution is -2.31. The first-order chi connectivity index (χ1) is 8.59. The number of nitrogens with one attached hydrogen (secondary N) is 2. The molecule has 1 heterocycles. The summed E-state index contributed by atoms with van der Waals surface area (Å²) in [5.74, 6) is -0.0808. The summed E-state index contributed by atoms with van der Waals surface area (Å²) in [7, 11) is 3.90. The average molecular weight is 254 g/mol. The Morgan fingerprint density at radius 2 is 2.33 bits per heavy atom. The molecular weight excluding hydrogens is 232 g/mol. The van der Waals surface area contributed by atoms with Gasteiger partial charge in [0, 0.05) is 38.8 Å². The number of likely N-dealkylation sites (N-methyl/N-ethyl adjacent to an activating group) is 1. The lowest BCUT2D eigenvalue weighted by atomic mass is 10.3. The maximum absolute atomic E-state index is 11.4. The molecule has 1 saturated heterocycles. The molecule has 0 aliphatic carbocycles. The molecule has 18 heavy (non-hydrogen) atoms. The summed E-state index contributed by atoms with van der Waals surface area (Å²) in [5.41, 5.74) is 0. The van der Waals surface area contributed by atoms with Gasteiger partial charge in [0.2, 0.25) is 5.91 Å². The van der Waals surface area contributed by atoms with Crippen LogP contribution in [-0.4, -0.2) is 68.6 Å². The first-order valence-electron chi connectivity index (χ1n) is 6.21. The number of carbonyl (C=O) groups is 2. The van der Waals surface area contributed by atoms with Gasteiger partial charge in [-0.05, 0) is 20.5 Å². The molecule has 3 amide bonds. The Kier molecular flexibility index (Phi) is 6.21. The smallest absolute Gasteiger partial charge is 0.317 e. The fourth-order valence-corrected chi connectivity index (χ4v) is 1.64. The summed E-state index contributed by atoms with van der Waals surface area (Å²) in [6, 6.07) is -0.00722. The molecule has 0 spiro atoms. The minimum Gasteiger partial charge on any atom is -0.352 e. The van der Waals surface area contributed by atoms with Crippen molar-refractivity contribution in [2.75, 3.05) is 46.8 Å². The zero-order valence-corrected chi connectivity index (χ0v) is 11.1. The predicted molar refractivity (Wildman–Crippen MR) is 70.3 cm³/mol. The molecule has 1 aliphatic rings. The van der Waals surface area contributed by atoms with E-state index in [2.05, 4.69) is 10.6 Å². The van der Waals surface area contributed by atoms with Crippen LogP contribution < -0.4 is 10.6 Å². The van der Waals surface area contributed by atoms with Crippen molar-refractivity contribution >= 4 is 11.9 Å². The molecule has 2 N–H and O–H groups in total. The van der Waals surface area contributed by atoms with E-state index in [9.17, 15) is 9.59 Å². The number of hydrogen-bond donors (Lipinski definition) is 2. The van der Waals surface area contributed by atoms with Gasteiger partial charge >= 0.3 is 6.03 Å². The number of nitrogens with zero attached hydrogens (tertiary/aromatic N) is 2. The van der Waals surface area contributed by atoms with E-state index in [1.165, 1.54) is 0 Å². The van der Waals surface area contributed by atoms with E-state index < -0.39 is 0 Å². The third-order valence-corrected chi connectivity index (χ3v) is 2.59. The fourth-order valence-electron chi connectivity index (χ4n) is 1.64. The highest BCUT2D eigenvalue weighted by Gasteiger charge is 2.17. The van der Waals surface area contributed by atoms with Crippen molar-refractivity contribution in [3.63, 3.8) is 0 Å². The highest BCUT2D eigenvalue weighted by Crippen LogP contribution is 1.97. The fraction of sp³-hybridized carbons (Fsp3) is 0.667. The standard InChI is InChI=1S/C12H22N4O2/c1-15(2)8-3-5-11(17)13-6-4-9-16-10-7-14-12(16)18/h3,5H,4,6-10H2,1-2H3,(H,13,17)(H,14,18)/b5-3+. The maximum Gasteiger partial charge on any atom is 0.317 e. The monoisotopic (exact) mass is 254 g/mol. The minimum atomic E-state index is -0.0808. The van der Waals surface area contributed by atoms with Gasteiger partial charge in [0.1, 0.15) is 0 Å². The van der Waals surface area contributed by atoms with Crippen molar-refractivity contribution in [2.24, 2.45) is 0 Å². The zero-order chi connectivity index (χ0) is 13.4. The molecule has 102 valence electrons. The first-order valence-corrected chi connectivity index (χ1v) is 6.21. The Bertz CT molecular complexity index is 315. The number of carbonyl (C=O) groups excluding carboxylic acids is 2. The van der Waals surface area contributed by atoms with E-state index in [0.717, 1.165) is 26.1 Å². The molecule has 0 saturated carbocycles. The molecule has 6 nitrogen and oxygen atoms in total. The largest absolute Gasteiger partial charge is 0.352 e. The predicted octanol–water partition coefficient (Wildman–Crippen LogP) is -0.364. The van der Waals surface area contributed by atoms with Crippen LogP contribution in [-0.2, 0) is 4.79 Å². The molecule has 0 aromatic heterocycles. The van der Waals surface area contributed by atoms with Crippen LogP contribution in [0.2, 0.25) is 0 Å². The molecule has 1 rings (SSSR count). The van der Waals surface area contributed by atoms with Gasteiger partial charge in [-0.25, -0.2) is 4.79 Å². The molecule has 0 unspecified atom stereocenters. The van der Waals surface area contributed by atoms with Crippen LogP contribution in [0.15, 0.2) is 12.2 Å². The Morgan fingerprint density at radius 3 is 2.94 bits per heavy atom. The topological polar surface area (TPSA) is 64.7 Å². The van der Waals surface area contributed by atoms with Crippen LogP contribution in [0.25, 0.3) is 0 Å². The van der Waals surface area contributed by atoms with Gasteiger partial charge in [-0.2, -0.15) is 0 Å². The molecule has 0 radical (unpaired) electrons. The summed E-state index contributed by atoms with van der Waals surface area (Å²) in [6.07, 6.45) is 4.15. The van der Waals surface area contributed by atoms with E-state index in [1.807, 2.05) is 25.1 Å². The van der Waals surface area contributed by atoms with Gasteiger partial charge in [0.05, 0.1) is 0 Å². The second kappa shape index (κ2) is 7.71. The minimum absolute atomic E-state index is 0.00722. The molecular formula is C12H22N4O2. The van der Waals surface area contributed by atoms with E-state index in [0.29, 0.717) is 13.1 Å². The Morgan fingerprint density at radius 1 is 1.56 bits per heavy atom. The van der Waals surface area contributed by atoms with E-state index in [-0.39, 0.29) is 11.9 Å². The van der Waals surface area contributed by atoms with Crippen LogP contribution in [0.4, 0.5) is 4.79 Å². The van der Waals surface area contributed by atoms with Crippen molar-refractivity contribution in [3.8, 4) is 0 Å². The van der Waals surface area contributed by atoms with Crippen LogP contribution in [0.5, 0.6) is 0 Å². The molecule has 1 fully saturated rings. The van der Waals surface area contributed by atoms with Crippen LogP contribution in [0, 0.1) is 0 Å². The quantitative estimate of drug-likeness (QED) is 0.481. The second-order valence-corrected chi connectivity index (χ2v) is 4.53. The molecule has 1 aliphatic heterocycles. The average Bonchev–Trinajstić information content (AvgIpc) is 2.70. The Balaban J connectivity index is 2.05. The van der Waals surface area contributed by atoms with E-state index >= 15 is 0 Å². The molecule has 0 aromatic rings. The first kappa shape index (κ1) is 14.5. The zero-order valence-electron chi connectivity index (χ0n) is 11.1. The number of rotatable bonds is 7. The van der Waals surface area contributed by atoms with E-state index in [1.54, 1.807) is 11.0 Å². The summed E-state index contributed by atoms with van der Waals surface area (Å²) in [6.45, 7) is 3.51. The highest BCUT2D eigenvalue weighted by atomic mass is 16.2. The molecule has 0 atom stereocenters. The van der Waals surface area contributed by atoms with E-state index in [4.69, 9.17) is 0 Å². The summed E-state index contributed by atoms with van der Waals surface area (Å²) >= 11 is 0. The lowest BCUT2D eigenvalue weighted by Gasteiger charge is -2.13. The van der Waals surface area contributed by atoms with Crippen LogP contribution in [0.1, 0.15) is 6.42 Å². The van der Waals surface area contributed by atoms with Crippen molar-refractivity contribution in [1.29, 1.82) is 0 Å². The summed E-state index contributed by atoms with van der Waals surface area (Å²) in [4.78, 5) is 26.3. The molecule has 0 bridgehead atoms. The third-order valence-electron chi connectivity index (χ3n) is 2.59. The van der Waals surface area contributed by atoms with Gasteiger partial charge < -0.3 is 20.4 Å². The highest BCUT2D eigenvalue weighted by molar-refractivity contribution is 5.87. The lowest BCUT2D eigenvalue weighted by molar-refractivity contribution is -0.116. The van der Waals surface area contributed by atoms with Gasteiger partial charge in [-0.3, -0.25) is 4.79 Å². The Hall–Kier alpha value is -1.56. The second-order valence-electron chi connectivity index (χ2n) is 4.53. The SMILES string of the molecule is CN(C)C/C=C/C(=O)NCCCN1CCNC1=O. The number of hydrogen-bond acceptors (Lipinski definition) is 3. The number of amides is 3. The van der Waals surface area contributed by atoms with Gasteiger partial charge in [0.15, 0.2) is 0 Å². The van der Waals surface area contributed by atoms with Crippen molar-refractivity contribution < 1.29 is 9.59 Å². The maximum atomic E-state index is 11.4. The number of urea groups is 1. The summed E-state index contributed by atoms with van der Waals surface area (Å²) in [5, 5.41) is 5.53. The van der Waals surface area contributed by atoms with Gasteiger partial charge in [-0.1, -0.05) is 6.08 Å². The van der Waals surface area contributed by atoms with Gasteiger partial charge in [-0.15, -0.1) is 0 Å². The third kappa shape index (κ3) is 5.67. The van der Waals surface area contributed by atoms with Crippen molar-refractivity contribution in [2.45, 2.75) is 6.42 Å². The summed E-state index contributed by atoms with van der Waals surface area (Å²) < 4.78 is 0. The normalized spacial score (nSPS) is 15.5. The van der Waals surface area contributed by atoms with Crippen LogP contribution >= 0.6 is 0 Å². The van der Waals surface area contributed by atoms with Crippen molar-refractivity contribution in [3.05, 3.63) is 12.2 Å².